The quantitative estimate of drug-likeness (QED) is 0.844. The van der Waals surface area contributed by atoms with Gasteiger partial charge in [-0.3, -0.25) is 4.98 Å². The molecule has 2 aliphatic rings. The third-order valence-electron chi connectivity index (χ3n) is 3.39. The van der Waals surface area contributed by atoms with Crippen molar-refractivity contribution in [1.82, 2.24) is 10.3 Å². The smallest absolute Gasteiger partial charge is 0.0410 e. The molecule has 0 aromatic carbocycles. The molecule has 2 heterocycles. The Labute approximate surface area is 97.9 Å². The molecule has 1 fully saturated rings. The molecule has 3 heteroatoms. The zero-order valence-electron chi connectivity index (χ0n) is 8.41. The van der Waals surface area contributed by atoms with Gasteiger partial charge in [0.25, 0.3) is 0 Å². The van der Waals surface area contributed by atoms with Crippen LogP contribution in [0.25, 0.3) is 5.57 Å². The van der Waals surface area contributed by atoms with E-state index >= 15 is 0 Å². The molecule has 0 saturated carbocycles. The molecule has 78 valence electrons. The van der Waals surface area contributed by atoms with Crippen LogP contribution >= 0.6 is 15.9 Å². The second kappa shape index (κ2) is 3.72. The maximum absolute atomic E-state index is 4.21. The van der Waals surface area contributed by atoms with Gasteiger partial charge in [-0.15, -0.1) is 0 Å². The van der Waals surface area contributed by atoms with Crippen molar-refractivity contribution in [1.29, 1.82) is 0 Å². The van der Waals surface area contributed by atoms with Gasteiger partial charge >= 0.3 is 0 Å². The highest BCUT2D eigenvalue weighted by molar-refractivity contribution is 9.10. The second-order valence-electron chi connectivity index (χ2n) is 4.34. The van der Waals surface area contributed by atoms with E-state index < -0.39 is 0 Å². The Hall–Kier alpha value is -0.670. The molecule has 0 bridgehead atoms. The number of fused-ring (bicyclic) bond motifs is 1. The summed E-state index contributed by atoms with van der Waals surface area (Å²) in [5, 5.41) is 3.49. The molecule has 0 unspecified atom stereocenters. The van der Waals surface area contributed by atoms with Crippen LogP contribution in [-0.4, -0.2) is 17.6 Å². The lowest BCUT2D eigenvalue weighted by Gasteiger charge is -2.41. The van der Waals surface area contributed by atoms with Gasteiger partial charge < -0.3 is 5.32 Å². The number of hydrogen-bond donors (Lipinski definition) is 1. The summed E-state index contributed by atoms with van der Waals surface area (Å²) in [5.41, 5.74) is 2.70. The van der Waals surface area contributed by atoms with E-state index in [1.807, 2.05) is 12.4 Å². The van der Waals surface area contributed by atoms with Crippen LogP contribution < -0.4 is 5.32 Å². The lowest BCUT2D eigenvalue weighted by atomic mass is 9.78. The minimum Gasteiger partial charge on any atom is -0.313 e. The number of pyridine rings is 1. The highest BCUT2D eigenvalue weighted by Crippen LogP contribution is 2.34. The summed E-state index contributed by atoms with van der Waals surface area (Å²) in [6, 6.07) is 2.86. The average molecular weight is 265 g/mol. The van der Waals surface area contributed by atoms with Gasteiger partial charge in [0, 0.05) is 29.5 Å². The molecule has 1 aliphatic carbocycles. The monoisotopic (exact) mass is 264 g/mol. The molecule has 3 rings (SSSR count). The normalized spacial score (nSPS) is 29.0. The molecule has 0 amide bonds. The fourth-order valence-electron chi connectivity index (χ4n) is 2.37. The molecular formula is C12H13BrN2. The first-order valence-corrected chi connectivity index (χ1v) is 6.15. The van der Waals surface area contributed by atoms with Crippen LogP contribution in [0.5, 0.6) is 0 Å². The summed E-state index contributed by atoms with van der Waals surface area (Å²) in [6.07, 6.45) is 8.54. The van der Waals surface area contributed by atoms with E-state index in [-0.39, 0.29) is 0 Å². The van der Waals surface area contributed by atoms with E-state index in [0.717, 1.165) is 16.8 Å². The van der Waals surface area contributed by atoms with Gasteiger partial charge in [0.1, 0.15) is 0 Å². The summed E-state index contributed by atoms with van der Waals surface area (Å²) in [6.45, 7) is 1.20. The molecule has 1 N–H and O–H groups in total. The second-order valence-corrected chi connectivity index (χ2v) is 5.25. The van der Waals surface area contributed by atoms with Gasteiger partial charge in [-0.1, -0.05) is 6.08 Å². The lowest BCUT2D eigenvalue weighted by molar-refractivity contribution is 0.231. The largest absolute Gasteiger partial charge is 0.313 e. The minimum absolute atomic E-state index is 0.712. The third-order valence-corrected chi connectivity index (χ3v) is 3.83. The Morgan fingerprint density at radius 1 is 1.40 bits per heavy atom. The number of hydrogen-bond acceptors (Lipinski definition) is 2. The van der Waals surface area contributed by atoms with Crippen molar-refractivity contribution in [2.45, 2.75) is 18.9 Å². The fraction of sp³-hybridized carbons (Fsp3) is 0.417. The number of halogens is 1. The Bertz CT molecular complexity index is 414. The molecule has 1 aromatic rings. The van der Waals surface area contributed by atoms with Gasteiger partial charge in [0.2, 0.25) is 0 Å². The molecular weight excluding hydrogens is 252 g/mol. The molecule has 1 aromatic heterocycles. The first kappa shape index (κ1) is 9.55. The van der Waals surface area contributed by atoms with Crippen molar-refractivity contribution < 1.29 is 0 Å². The summed E-state index contributed by atoms with van der Waals surface area (Å²) in [7, 11) is 0. The SMILES string of the molecule is Brc1cncc(C2=CC[C@@H]3CN[C@@H]3C2)c1. The standard InChI is InChI=1S/C12H13BrN2/c13-11-3-10(5-14-7-11)8-1-2-9-6-15-12(9)4-8/h1,3,5,7,9,12,15H,2,4,6H2/t9-,12-/m1/s1. The number of aromatic nitrogens is 1. The van der Waals surface area contributed by atoms with Crippen LogP contribution in [0.3, 0.4) is 0 Å². The first-order chi connectivity index (χ1) is 7.33. The van der Waals surface area contributed by atoms with E-state index in [4.69, 9.17) is 0 Å². The maximum atomic E-state index is 4.21. The van der Waals surface area contributed by atoms with Crippen LogP contribution in [0.2, 0.25) is 0 Å². The molecule has 15 heavy (non-hydrogen) atoms. The molecule has 2 nitrogen and oxygen atoms in total. The van der Waals surface area contributed by atoms with Crippen LogP contribution in [0.4, 0.5) is 0 Å². The summed E-state index contributed by atoms with van der Waals surface area (Å²) in [5.74, 6) is 0.883. The van der Waals surface area contributed by atoms with Gasteiger partial charge in [0.05, 0.1) is 0 Å². The Balaban J connectivity index is 1.88. The van der Waals surface area contributed by atoms with Gasteiger partial charge in [-0.05, 0) is 51.9 Å². The number of nitrogens with zero attached hydrogens (tertiary/aromatic N) is 1. The highest BCUT2D eigenvalue weighted by atomic mass is 79.9. The summed E-state index contributed by atoms with van der Waals surface area (Å²) < 4.78 is 1.06. The van der Waals surface area contributed by atoms with E-state index in [0.29, 0.717) is 6.04 Å². The van der Waals surface area contributed by atoms with Crippen molar-refractivity contribution in [3.05, 3.63) is 34.6 Å². The highest BCUT2D eigenvalue weighted by Gasteiger charge is 2.32. The number of nitrogens with one attached hydrogen (secondary N) is 1. The van der Waals surface area contributed by atoms with E-state index in [9.17, 15) is 0 Å². The minimum atomic E-state index is 0.712. The topological polar surface area (TPSA) is 24.9 Å². The Morgan fingerprint density at radius 3 is 3.00 bits per heavy atom. The molecule has 0 spiro atoms. The lowest BCUT2D eigenvalue weighted by Crippen LogP contribution is -2.53. The zero-order valence-corrected chi connectivity index (χ0v) is 10.00. The Morgan fingerprint density at radius 2 is 2.33 bits per heavy atom. The number of rotatable bonds is 1. The molecule has 1 saturated heterocycles. The summed E-state index contributed by atoms with van der Waals surface area (Å²) in [4.78, 5) is 4.21. The predicted octanol–water partition coefficient (Wildman–Crippen LogP) is 2.61. The maximum Gasteiger partial charge on any atom is 0.0410 e. The van der Waals surface area contributed by atoms with Crippen LogP contribution in [0.1, 0.15) is 18.4 Å². The Kier molecular flexibility index (Phi) is 2.37. The van der Waals surface area contributed by atoms with Crippen LogP contribution in [0.15, 0.2) is 29.0 Å². The molecule has 0 radical (unpaired) electrons. The van der Waals surface area contributed by atoms with Crippen molar-refractivity contribution in [2.75, 3.05) is 6.54 Å². The third kappa shape index (κ3) is 1.74. The fourth-order valence-corrected chi connectivity index (χ4v) is 2.74. The van der Waals surface area contributed by atoms with Crippen molar-refractivity contribution in [3.8, 4) is 0 Å². The zero-order chi connectivity index (χ0) is 10.3. The molecule has 1 aliphatic heterocycles. The van der Waals surface area contributed by atoms with Gasteiger partial charge in [-0.2, -0.15) is 0 Å². The summed E-state index contributed by atoms with van der Waals surface area (Å²) >= 11 is 3.46. The predicted molar refractivity (Wildman–Crippen MR) is 64.4 cm³/mol. The number of allylic oxidation sites excluding steroid dienone is 1. The van der Waals surface area contributed by atoms with Gasteiger partial charge in [-0.25, -0.2) is 0 Å². The van der Waals surface area contributed by atoms with E-state index in [2.05, 4.69) is 38.4 Å². The van der Waals surface area contributed by atoms with Gasteiger partial charge in [0.15, 0.2) is 0 Å². The van der Waals surface area contributed by atoms with Crippen LogP contribution in [0, 0.1) is 5.92 Å². The van der Waals surface area contributed by atoms with E-state index in [1.54, 1.807) is 0 Å². The average Bonchev–Trinajstić information content (AvgIpc) is 2.20. The van der Waals surface area contributed by atoms with Crippen molar-refractivity contribution in [2.24, 2.45) is 5.92 Å². The van der Waals surface area contributed by atoms with Crippen molar-refractivity contribution >= 4 is 21.5 Å². The van der Waals surface area contributed by atoms with Crippen LogP contribution in [-0.2, 0) is 0 Å². The molecule has 2 atom stereocenters. The van der Waals surface area contributed by atoms with E-state index in [1.165, 1.54) is 24.1 Å². The van der Waals surface area contributed by atoms with Crippen molar-refractivity contribution in [3.63, 3.8) is 0 Å². The first-order valence-electron chi connectivity index (χ1n) is 5.36.